The fraction of sp³-hybridized carbons (Fsp3) is 0.235. The predicted molar refractivity (Wildman–Crippen MR) is 102 cm³/mol. The minimum Gasteiger partial charge on any atom is -0.378 e. The molecule has 0 bridgehead atoms. The van der Waals surface area contributed by atoms with Gasteiger partial charge >= 0.3 is 0 Å². The van der Waals surface area contributed by atoms with Crippen LogP contribution in [0.2, 0.25) is 5.02 Å². The highest BCUT2D eigenvalue weighted by Gasteiger charge is 2.19. The van der Waals surface area contributed by atoms with Crippen molar-refractivity contribution in [1.29, 1.82) is 0 Å². The lowest BCUT2D eigenvalue weighted by atomic mass is 10.2. The Morgan fingerprint density at radius 1 is 1.13 bits per heavy atom. The molecule has 1 saturated heterocycles. The standard InChI is InChI=1S/C17H16ClIN2O2/c18-14-2-1-3-15(16(14)21-8-10-23-11-9-21)20-17(22)12-4-6-13(19)7-5-12/h1-7H,8-11H2,(H,20,22). The minimum absolute atomic E-state index is 0.141. The lowest BCUT2D eigenvalue weighted by Gasteiger charge is -2.31. The van der Waals surface area contributed by atoms with Gasteiger partial charge in [0.25, 0.3) is 5.91 Å². The summed E-state index contributed by atoms with van der Waals surface area (Å²) < 4.78 is 6.48. The number of nitrogens with zero attached hydrogens (tertiary/aromatic N) is 1. The van der Waals surface area contributed by atoms with Gasteiger partial charge in [0.2, 0.25) is 0 Å². The Bertz CT molecular complexity index is 700. The van der Waals surface area contributed by atoms with Gasteiger partial charge in [-0.05, 0) is 59.0 Å². The highest BCUT2D eigenvalue weighted by Crippen LogP contribution is 2.34. The number of halogens is 2. The van der Waals surface area contributed by atoms with Crippen LogP contribution in [0.25, 0.3) is 0 Å². The Hall–Kier alpha value is -1.31. The first-order valence-electron chi connectivity index (χ1n) is 7.33. The number of nitrogens with one attached hydrogen (secondary N) is 1. The van der Waals surface area contributed by atoms with Crippen LogP contribution in [-0.2, 0) is 4.74 Å². The van der Waals surface area contributed by atoms with Gasteiger partial charge in [0.1, 0.15) is 0 Å². The van der Waals surface area contributed by atoms with E-state index in [0.717, 1.165) is 28.0 Å². The van der Waals surface area contributed by atoms with Crippen LogP contribution in [0.3, 0.4) is 0 Å². The van der Waals surface area contributed by atoms with Crippen LogP contribution in [0.1, 0.15) is 10.4 Å². The second kappa shape index (κ2) is 7.51. The molecule has 120 valence electrons. The molecule has 1 amide bonds. The van der Waals surface area contributed by atoms with Gasteiger partial charge in [0, 0.05) is 22.2 Å². The normalized spacial score (nSPS) is 14.6. The van der Waals surface area contributed by atoms with Crippen LogP contribution in [0.4, 0.5) is 11.4 Å². The zero-order valence-electron chi connectivity index (χ0n) is 12.4. The Morgan fingerprint density at radius 2 is 1.83 bits per heavy atom. The molecule has 3 rings (SSSR count). The van der Waals surface area contributed by atoms with Crippen LogP contribution in [0, 0.1) is 3.57 Å². The Balaban J connectivity index is 1.86. The minimum atomic E-state index is -0.141. The number of benzene rings is 2. The maximum absolute atomic E-state index is 12.5. The Labute approximate surface area is 153 Å². The van der Waals surface area contributed by atoms with Crippen molar-refractivity contribution in [2.75, 3.05) is 36.5 Å². The first-order chi connectivity index (χ1) is 11.1. The third-order valence-corrected chi connectivity index (χ3v) is 4.69. The molecular formula is C17H16ClIN2O2. The van der Waals surface area contributed by atoms with Crippen molar-refractivity contribution >= 4 is 51.5 Å². The van der Waals surface area contributed by atoms with Gasteiger partial charge in [-0.1, -0.05) is 17.7 Å². The van der Waals surface area contributed by atoms with Crippen LogP contribution in [0.5, 0.6) is 0 Å². The number of hydrogen-bond acceptors (Lipinski definition) is 3. The molecule has 0 aromatic heterocycles. The van der Waals surface area contributed by atoms with Crippen LogP contribution in [-0.4, -0.2) is 32.2 Å². The van der Waals surface area contributed by atoms with Crippen LogP contribution < -0.4 is 10.2 Å². The molecule has 1 N–H and O–H groups in total. The van der Waals surface area contributed by atoms with Crippen molar-refractivity contribution in [3.8, 4) is 0 Å². The molecule has 2 aromatic carbocycles. The second-order valence-corrected chi connectivity index (χ2v) is 6.85. The molecule has 0 radical (unpaired) electrons. The van der Waals surface area contributed by atoms with Crippen LogP contribution >= 0.6 is 34.2 Å². The van der Waals surface area contributed by atoms with Crippen molar-refractivity contribution < 1.29 is 9.53 Å². The number of para-hydroxylation sites is 1. The number of ether oxygens (including phenoxy) is 1. The van der Waals surface area contributed by atoms with Gasteiger partial charge in [-0.25, -0.2) is 0 Å². The summed E-state index contributed by atoms with van der Waals surface area (Å²) in [6.07, 6.45) is 0. The first-order valence-corrected chi connectivity index (χ1v) is 8.79. The van der Waals surface area contributed by atoms with Crippen molar-refractivity contribution in [1.82, 2.24) is 0 Å². The molecule has 23 heavy (non-hydrogen) atoms. The largest absolute Gasteiger partial charge is 0.378 e. The van der Waals surface area contributed by atoms with Crippen molar-refractivity contribution in [3.63, 3.8) is 0 Å². The summed E-state index contributed by atoms with van der Waals surface area (Å²) in [5.41, 5.74) is 2.21. The third kappa shape index (κ3) is 3.97. The molecule has 1 fully saturated rings. The van der Waals surface area contributed by atoms with E-state index in [1.54, 1.807) is 0 Å². The summed E-state index contributed by atoms with van der Waals surface area (Å²) in [7, 11) is 0. The van der Waals surface area contributed by atoms with E-state index in [1.807, 2.05) is 42.5 Å². The molecule has 0 atom stereocenters. The van der Waals surface area contributed by atoms with Crippen molar-refractivity contribution in [2.45, 2.75) is 0 Å². The molecule has 0 unspecified atom stereocenters. The molecule has 6 heteroatoms. The zero-order valence-corrected chi connectivity index (χ0v) is 15.3. The molecule has 0 aliphatic carbocycles. The lowest BCUT2D eigenvalue weighted by molar-refractivity contribution is 0.102. The van der Waals surface area contributed by atoms with E-state index < -0.39 is 0 Å². The van der Waals surface area contributed by atoms with Crippen molar-refractivity contribution in [3.05, 3.63) is 56.6 Å². The van der Waals surface area contributed by atoms with E-state index in [9.17, 15) is 4.79 Å². The number of carbonyl (C=O) groups is 1. The Morgan fingerprint density at radius 3 is 2.52 bits per heavy atom. The van der Waals surface area contributed by atoms with E-state index in [0.29, 0.717) is 23.8 Å². The monoisotopic (exact) mass is 442 g/mol. The predicted octanol–water partition coefficient (Wildman–Crippen LogP) is 4.03. The smallest absolute Gasteiger partial charge is 0.255 e. The van der Waals surface area contributed by atoms with Gasteiger partial charge in [0.15, 0.2) is 0 Å². The molecule has 1 heterocycles. The van der Waals surface area contributed by atoms with Gasteiger partial charge in [-0.3, -0.25) is 4.79 Å². The molecule has 0 saturated carbocycles. The number of carbonyl (C=O) groups excluding carboxylic acids is 1. The summed E-state index contributed by atoms with van der Waals surface area (Å²) >= 11 is 8.59. The summed E-state index contributed by atoms with van der Waals surface area (Å²) in [5.74, 6) is -0.141. The summed E-state index contributed by atoms with van der Waals surface area (Å²) in [5, 5.41) is 3.61. The number of rotatable bonds is 3. The summed E-state index contributed by atoms with van der Waals surface area (Å²) in [6, 6.07) is 13.0. The van der Waals surface area contributed by atoms with E-state index >= 15 is 0 Å². The van der Waals surface area contributed by atoms with Gasteiger partial charge in [-0.15, -0.1) is 0 Å². The summed E-state index contributed by atoms with van der Waals surface area (Å²) in [4.78, 5) is 14.6. The number of amides is 1. The Kier molecular flexibility index (Phi) is 5.40. The molecule has 1 aliphatic rings. The molecular weight excluding hydrogens is 427 g/mol. The number of morpholine rings is 1. The topological polar surface area (TPSA) is 41.6 Å². The van der Waals surface area contributed by atoms with Crippen LogP contribution in [0.15, 0.2) is 42.5 Å². The molecule has 1 aliphatic heterocycles. The maximum Gasteiger partial charge on any atom is 0.255 e. The van der Waals surface area contributed by atoms with E-state index in [2.05, 4.69) is 32.8 Å². The fourth-order valence-corrected chi connectivity index (χ4v) is 3.17. The second-order valence-electron chi connectivity index (χ2n) is 5.20. The van der Waals surface area contributed by atoms with E-state index in [-0.39, 0.29) is 5.91 Å². The molecule has 0 spiro atoms. The average Bonchev–Trinajstić information content (AvgIpc) is 2.56. The van der Waals surface area contributed by atoms with E-state index in [4.69, 9.17) is 16.3 Å². The first kappa shape index (κ1) is 16.5. The van der Waals surface area contributed by atoms with Gasteiger partial charge in [-0.2, -0.15) is 0 Å². The molecule has 4 nitrogen and oxygen atoms in total. The number of hydrogen-bond donors (Lipinski definition) is 1. The quantitative estimate of drug-likeness (QED) is 0.730. The SMILES string of the molecule is O=C(Nc1cccc(Cl)c1N1CCOCC1)c1ccc(I)cc1. The third-order valence-electron chi connectivity index (χ3n) is 3.67. The molecule has 2 aromatic rings. The summed E-state index contributed by atoms with van der Waals surface area (Å²) in [6.45, 7) is 2.84. The number of anilines is 2. The van der Waals surface area contributed by atoms with Crippen molar-refractivity contribution in [2.24, 2.45) is 0 Å². The highest BCUT2D eigenvalue weighted by atomic mass is 127. The average molecular weight is 443 g/mol. The maximum atomic E-state index is 12.5. The van der Waals surface area contributed by atoms with Gasteiger partial charge < -0.3 is 15.0 Å². The highest BCUT2D eigenvalue weighted by molar-refractivity contribution is 14.1. The van der Waals surface area contributed by atoms with E-state index in [1.165, 1.54) is 0 Å². The van der Waals surface area contributed by atoms with Gasteiger partial charge in [0.05, 0.1) is 29.6 Å². The zero-order chi connectivity index (χ0) is 16.2. The fourth-order valence-electron chi connectivity index (χ4n) is 2.52. The lowest BCUT2D eigenvalue weighted by Crippen LogP contribution is -2.37.